The van der Waals surface area contributed by atoms with E-state index in [1.165, 1.54) is 0 Å². The van der Waals surface area contributed by atoms with Crippen molar-refractivity contribution >= 4 is 28.3 Å². The van der Waals surface area contributed by atoms with Crippen LogP contribution in [0.1, 0.15) is 41.6 Å². The van der Waals surface area contributed by atoms with Gasteiger partial charge >= 0.3 is 6.18 Å². The number of carbonyl (C=O) groups is 1. The van der Waals surface area contributed by atoms with E-state index in [0.717, 1.165) is 60.2 Å². The van der Waals surface area contributed by atoms with Gasteiger partial charge in [-0.2, -0.15) is 13.2 Å². The summed E-state index contributed by atoms with van der Waals surface area (Å²) in [5, 5.41) is 7.22. The molecule has 0 atom stereocenters. The van der Waals surface area contributed by atoms with Gasteiger partial charge in [0.05, 0.1) is 16.6 Å². The number of anilines is 2. The molecule has 1 heterocycles. The molecule has 0 radical (unpaired) electrons. The fraction of sp³-hybridized carbons (Fsp3) is 0.385. The molecule has 0 bridgehead atoms. The minimum atomic E-state index is -4.85. The summed E-state index contributed by atoms with van der Waals surface area (Å²) in [5.41, 5.74) is -0.0264. The number of alkyl halides is 3. The summed E-state index contributed by atoms with van der Waals surface area (Å²) in [6, 6.07) is 13.0. The molecule has 5 nitrogen and oxygen atoms in total. The van der Waals surface area contributed by atoms with Gasteiger partial charge in [-0.3, -0.25) is 4.79 Å². The molecular formula is C26H28F4N4O. The number of nitrogens with one attached hydrogen (secondary N) is 2. The number of hydrogen-bond acceptors (Lipinski definition) is 4. The van der Waals surface area contributed by atoms with Gasteiger partial charge in [0.15, 0.2) is 0 Å². The second kappa shape index (κ2) is 10.1. The van der Waals surface area contributed by atoms with Crippen LogP contribution in [0.3, 0.4) is 0 Å². The fourth-order valence-electron chi connectivity index (χ4n) is 4.58. The van der Waals surface area contributed by atoms with E-state index < -0.39 is 29.0 Å². The van der Waals surface area contributed by atoms with Crippen molar-refractivity contribution in [3.05, 3.63) is 65.5 Å². The molecule has 2 aromatic carbocycles. The summed E-state index contributed by atoms with van der Waals surface area (Å²) in [5.74, 6) is -1.38. The lowest BCUT2D eigenvalue weighted by atomic mass is 9.86. The van der Waals surface area contributed by atoms with Crippen molar-refractivity contribution in [1.82, 2.24) is 10.3 Å². The molecule has 4 rings (SSSR count). The molecule has 3 aromatic rings. The van der Waals surface area contributed by atoms with E-state index in [9.17, 15) is 22.4 Å². The quantitative estimate of drug-likeness (QED) is 0.427. The Morgan fingerprint density at radius 3 is 2.46 bits per heavy atom. The Kier molecular flexibility index (Phi) is 7.14. The Morgan fingerprint density at radius 2 is 1.77 bits per heavy atom. The van der Waals surface area contributed by atoms with Crippen LogP contribution in [0.4, 0.5) is 29.1 Å². The number of fused-ring (bicyclic) bond motifs is 1. The van der Waals surface area contributed by atoms with Crippen LogP contribution >= 0.6 is 0 Å². The third kappa shape index (κ3) is 5.66. The van der Waals surface area contributed by atoms with Crippen molar-refractivity contribution in [1.29, 1.82) is 0 Å². The fourth-order valence-corrected chi connectivity index (χ4v) is 4.58. The van der Waals surface area contributed by atoms with Crippen LogP contribution in [-0.4, -0.2) is 37.6 Å². The van der Waals surface area contributed by atoms with Gasteiger partial charge in [0.2, 0.25) is 0 Å². The van der Waals surface area contributed by atoms with Crippen molar-refractivity contribution in [3.8, 4) is 0 Å². The number of para-hydroxylation sites is 1. The highest BCUT2D eigenvalue weighted by Crippen LogP contribution is 2.33. The lowest BCUT2D eigenvalue weighted by Gasteiger charge is -2.30. The van der Waals surface area contributed by atoms with Gasteiger partial charge in [0.25, 0.3) is 5.91 Å². The number of carbonyl (C=O) groups excluding carboxylic acids is 1. The molecule has 1 aliphatic rings. The SMILES string of the molecule is CN(C)c1cc(N[C@H]2CC[C@@H](CNC(=O)c3cccc(C(F)(F)F)c3F)CC2)nc2ccccc12. The van der Waals surface area contributed by atoms with Gasteiger partial charge in [-0.05, 0) is 49.8 Å². The lowest BCUT2D eigenvalue weighted by molar-refractivity contribution is -0.140. The Morgan fingerprint density at radius 1 is 1.06 bits per heavy atom. The molecule has 35 heavy (non-hydrogen) atoms. The minimum Gasteiger partial charge on any atom is -0.377 e. The average molecular weight is 489 g/mol. The highest BCUT2D eigenvalue weighted by atomic mass is 19.4. The molecule has 1 amide bonds. The summed E-state index contributed by atoms with van der Waals surface area (Å²) < 4.78 is 53.0. The van der Waals surface area contributed by atoms with Crippen LogP contribution in [0.25, 0.3) is 10.9 Å². The number of hydrogen-bond donors (Lipinski definition) is 2. The standard InChI is InChI=1S/C26H28F4N4O/c1-34(2)22-14-23(33-21-9-4-3-6-18(21)22)32-17-12-10-16(11-13-17)15-31-25(35)19-7-5-8-20(24(19)27)26(28,29)30/h3-9,14,16-17H,10-13,15H2,1-2H3,(H,31,35)(H,32,33)/t16-,17+. The van der Waals surface area contributed by atoms with Crippen LogP contribution in [0.15, 0.2) is 48.5 Å². The molecule has 0 unspecified atom stereocenters. The second-order valence-corrected chi connectivity index (χ2v) is 9.18. The number of rotatable bonds is 6. The minimum absolute atomic E-state index is 0.174. The number of pyridine rings is 1. The zero-order valence-corrected chi connectivity index (χ0v) is 19.6. The normalized spacial score (nSPS) is 18.3. The Hall–Kier alpha value is -3.36. The summed E-state index contributed by atoms with van der Waals surface area (Å²) in [6.07, 6.45) is -1.46. The molecule has 1 aliphatic carbocycles. The molecule has 1 fully saturated rings. The van der Waals surface area contributed by atoms with E-state index in [1.54, 1.807) is 0 Å². The van der Waals surface area contributed by atoms with Crippen LogP contribution in [0.5, 0.6) is 0 Å². The van der Waals surface area contributed by atoms with Crippen LogP contribution in [0.2, 0.25) is 0 Å². The molecule has 9 heteroatoms. The Balaban J connectivity index is 1.33. The first kappa shape index (κ1) is 24.8. The maximum atomic E-state index is 14.2. The van der Waals surface area contributed by atoms with Gasteiger partial charge in [-0.15, -0.1) is 0 Å². The van der Waals surface area contributed by atoms with Crippen molar-refractivity contribution in [2.24, 2.45) is 5.92 Å². The molecule has 2 N–H and O–H groups in total. The maximum absolute atomic E-state index is 14.2. The van der Waals surface area contributed by atoms with E-state index in [-0.39, 0.29) is 12.0 Å². The van der Waals surface area contributed by atoms with Crippen molar-refractivity contribution in [2.75, 3.05) is 30.9 Å². The molecule has 0 spiro atoms. The second-order valence-electron chi connectivity index (χ2n) is 9.18. The van der Waals surface area contributed by atoms with Gasteiger partial charge in [-0.25, -0.2) is 9.37 Å². The van der Waals surface area contributed by atoms with Crippen LogP contribution in [-0.2, 0) is 6.18 Å². The molecule has 0 saturated heterocycles. The van der Waals surface area contributed by atoms with E-state index >= 15 is 0 Å². The molecule has 186 valence electrons. The average Bonchev–Trinajstić information content (AvgIpc) is 2.82. The summed E-state index contributed by atoms with van der Waals surface area (Å²) in [7, 11) is 3.99. The van der Waals surface area contributed by atoms with Crippen LogP contribution in [0, 0.1) is 11.7 Å². The van der Waals surface area contributed by atoms with E-state index in [1.807, 2.05) is 44.4 Å². The van der Waals surface area contributed by atoms with Crippen molar-refractivity contribution in [2.45, 2.75) is 37.9 Å². The molecule has 1 aromatic heterocycles. The van der Waals surface area contributed by atoms with Crippen molar-refractivity contribution in [3.63, 3.8) is 0 Å². The highest BCUT2D eigenvalue weighted by molar-refractivity contribution is 5.95. The highest BCUT2D eigenvalue weighted by Gasteiger charge is 2.35. The number of benzene rings is 2. The molecular weight excluding hydrogens is 460 g/mol. The third-order valence-electron chi connectivity index (χ3n) is 6.47. The smallest absolute Gasteiger partial charge is 0.377 e. The maximum Gasteiger partial charge on any atom is 0.419 e. The molecule has 0 aliphatic heterocycles. The van der Waals surface area contributed by atoms with Gasteiger partial charge in [0.1, 0.15) is 11.6 Å². The number of aromatic nitrogens is 1. The Bertz CT molecular complexity index is 1200. The number of halogens is 4. The van der Waals surface area contributed by atoms with Gasteiger partial charge in [0, 0.05) is 43.8 Å². The predicted molar refractivity (Wildman–Crippen MR) is 129 cm³/mol. The van der Waals surface area contributed by atoms with Crippen molar-refractivity contribution < 1.29 is 22.4 Å². The topological polar surface area (TPSA) is 57.3 Å². The summed E-state index contributed by atoms with van der Waals surface area (Å²) >= 11 is 0. The first-order valence-corrected chi connectivity index (χ1v) is 11.6. The van der Waals surface area contributed by atoms with E-state index in [2.05, 4.69) is 15.5 Å². The number of amides is 1. The predicted octanol–water partition coefficient (Wildman–Crippen LogP) is 5.86. The Labute approximate surface area is 201 Å². The zero-order valence-electron chi connectivity index (χ0n) is 19.6. The first-order chi connectivity index (χ1) is 16.6. The third-order valence-corrected chi connectivity index (χ3v) is 6.47. The van der Waals surface area contributed by atoms with Gasteiger partial charge < -0.3 is 15.5 Å². The van der Waals surface area contributed by atoms with E-state index in [4.69, 9.17) is 4.98 Å². The number of nitrogens with zero attached hydrogens (tertiary/aromatic N) is 2. The largest absolute Gasteiger partial charge is 0.419 e. The first-order valence-electron chi connectivity index (χ1n) is 11.6. The summed E-state index contributed by atoms with van der Waals surface area (Å²) in [6.45, 7) is 0.292. The zero-order chi connectivity index (χ0) is 25.2. The van der Waals surface area contributed by atoms with E-state index in [0.29, 0.717) is 12.6 Å². The monoisotopic (exact) mass is 488 g/mol. The summed E-state index contributed by atoms with van der Waals surface area (Å²) in [4.78, 5) is 19.1. The van der Waals surface area contributed by atoms with Crippen LogP contribution < -0.4 is 15.5 Å². The van der Waals surface area contributed by atoms with Gasteiger partial charge in [-0.1, -0.05) is 24.3 Å². The molecule has 1 saturated carbocycles. The lowest BCUT2D eigenvalue weighted by Crippen LogP contribution is -2.34.